The highest BCUT2D eigenvalue weighted by molar-refractivity contribution is 5.50. The first kappa shape index (κ1) is 12.0. The van der Waals surface area contributed by atoms with Crippen molar-refractivity contribution in [1.82, 2.24) is 5.32 Å². The predicted molar refractivity (Wildman–Crippen MR) is 74.2 cm³/mol. The second kappa shape index (κ2) is 3.74. The summed E-state index contributed by atoms with van der Waals surface area (Å²) in [6.07, 6.45) is 2.30. The highest BCUT2D eigenvalue weighted by Gasteiger charge is 2.54. The van der Waals surface area contributed by atoms with E-state index in [0.29, 0.717) is 6.04 Å². The van der Waals surface area contributed by atoms with E-state index in [1.54, 1.807) is 7.11 Å². The van der Waals surface area contributed by atoms with E-state index in [9.17, 15) is 0 Å². The minimum absolute atomic E-state index is 0.211. The number of rotatable bonds is 1. The molecule has 18 heavy (non-hydrogen) atoms. The van der Waals surface area contributed by atoms with E-state index in [4.69, 9.17) is 4.74 Å². The van der Waals surface area contributed by atoms with Crippen LogP contribution < -0.4 is 10.1 Å². The summed E-state index contributed by atoms with van der Waals surface area (Å²) < 4.78 is 5.64. The molecule has 1 N–H and O–H groups in total. The monoisotopic (exact) mass is 245 g/mol. The van der Waals surface area contributed by atoms with Crippen LogP contribution in [0.1, 0.15) is 38.3 Å². The van der Waals surface area contributed by atoms with Gasteiger partial charge in [0.25, 0.3) is 0 Å². The Morgan fingerprint density at radius 3 is 2.78 bits per heavy atom. The summed E-state index contributed by atoms with van der Waals surface area (Å²) in [6.45, 7) is 8.34. The van der Waals surface area contributed by atoms with E-state index in [2.05, 4.69) is 44.3 Å². The molecule has 1 aliphatic heterocycles. The lowest BCUT2D eigenvalue weighted by atomic mass is 9.51. The normalized spacial score (nSPS) is 32.8. The minimum Gasteiger partial charge on any atom is -0.496 e. The predicted octanol–water partition coefficient (Wildman–Crippen LogP) is 2.90. The third-order valence-corrected chi connectivity index (χ3v) is 5.62. The van der Waals surface area contributed by atoms with Gasteiger partial charge in [0.05, 0.1) is 7.11 Å². The molecule has 0 amide bonds. The summed E-state index contributed by atoms with van der Waals surface area (Å²) in [5.74, 6) is 1.07. The zero-order valence-corrected chi connectivity index (χ0v) is 11.8. The van der Waals surface area contributed by atoms with Crippen molar-refractivity contribution in [2.24, 2.45) is 5.41 Å². The van der Waals surface area contributed by atoms with Crippen molar-refractivity contribution >= 4 is 0 Å². The van der Waals surface area contributed by atoms with E-state index in [0.717, 1.165) is 18.7 Å². The van der Waals surface area contributed by atoms with Gasteiger partial charge in [-0.1, -0.05) is 32.9 Å². The number of benzene rings is 1. The molecule has 0 saturated carbocycles. The summed E-state index contributed by atoms with van der Waals surface area (Å²) in [5.41, 5.74) is 3.40. The van der Waals surface area contributed by atoms with Crippen molar-refractivity contribution in [3.8, 4) is 5.75 Å². The highest BCUT2D eigenvalue weighted by atomic mass is 16.5. The SMILES string of the molecule is COc1cccc2c1C1(C)CCNC(C2)C1(C)C. The molecule has 2 unspecified atom stereocenters. The van der Waals surface area contributed by atoms with Crippen LogP contribution in [0.3, 0.4) is 0 Å². The Kier molecular flexibility index (Phi) is 2.50. The van der Waals surface area contributed by atoms with Crippen molar-refractivity contribution < 1.29 is 4.74 Å². The first-order valence-corrected chi connectivity index (χ1v) is 6.90. The molecule has 2 nitrogen and oxygen atoms in total. The Balaban J connectivity index is 2.26. The molecule has 1 aromatic carbocycles. The van der Waals surface area contributed by atoms with Crippen LogP contribution in [0.4, 0.5) is 0 Å². The number of hydrogen-bond donors (Lipinski definition) is 1. The van der Waals surface area contributed by atoms with Crippen LogP contribution in [-0.2, 0) is 11.8 Å². The van der Waals surface area contributed by atoms with Crippen LogP contribution in [0.25, 0.3) is 0 Å². The smallest absolute Gasteiger partial charge is 0.122 e. The van der Waals surface area contributed by atoms with E-state index in [1.807, 2.05) is 0 Å². The molecular weight excluding hydrogens is 222 g/mol. The lowest BCUT2D eigenvalue weighted by Gasteiger charge is -2.57. The van der Waals surface area contributed by atoms with Crippen molar-refractivity contribution in [3.63, 3.8) is 0 Å². The number of piperidine rings is 1. The third-order valence-electron chi connectivity index (χ3n) is 5.62. The molecule has 2 heteroatoms. The molecule has 0 aromatic heterocycles. The molecule has 0 radical (unpaired) electrons. The van der Waals surface area contributed by atoms with Gasteiger partial charge < -0.3 is 10.1 Å². The number of methoxy groups -OCH3 is 1. The fraction of sp³-hybridized carbons (Fsp3) is 0.625. The van der Waals surface area contributed by atoms with Crippen molar-refractivity contribution in [1.29, 1.82) is 0 Å². The fourth-order valence-corrected chi connectivity index (χ4v) is 4.00. The van der Waals surface area contributed by atoms with Gasteiger partial charge in [0.15, 0.2) is 0 Å². The molecule has 3 rings (SSSR count). The van der Waals surface area contributed by atoms with Gasteiger partial charge in [0.2, 0.25) is 0 Å². The number of fused-ring (bicyclic) bond motifs is 4. The van der Waals surface area contributed by atoms with Gasteiger partial charge in [0, 0.05) is 17.0 Å². The Hall–Kier alpha value is -1.02. The number of ether oxygens (including phenoxy) is 1. The molecule has 2 atom stereocenters. The minimum atomic E-state index is 0.211. The van der Waals surface area contributed by atoms with Crippen LogP contribution in [-0.4, -0.2) is 19.7 Å². The Labute approximate surface area is 110 Å². The average Bonchev–Trinajstić information content (AvgIpc) is 2.32. The zero-order valence-electron chi connectivity index (χ0n) is 11.8. The molecule has 1 fully saturated rings. The van der Waals surface area contributed by atoms with Crippen LogP contribution in [0.15, 0.2) is 18.2 Å². The second-order valence-electron chi connectivity index (χ2n) is 6.51. The number of hydrogen-bond acceptors (Lipinski definition) is 2. The van der Waals surface area contributed by atoms with Crippen LogP contribution in [0, 0.1) is 5.41 Å². The quantitative estimate of drug-likeness (QED) is 0.821. The topological polar surface area (TPSA) is 21.3 Å². The molecule has 1 aromatic rings. The zero-order chi connectivity index (χ0) is 13.0. The maximum Gasteiger partial charge on any atom is 0.122 e. The van der Waals surface area contributed by atoms with E-state index in [1.165, 1.54) is 17.5 Å². The first-order chi connectivity index (χ1) is 8.50. The summed E-state index contributed by atoms with van der Waals surface area (Å²) in [4.78, 5) is 0. The van der Waals surface area contributed by atoms with Crippen LogP contribution >= 0.6 is 0 Å². The molecule has 0 spiro atoms. The standard InChI is InChI=1S/C16H23NO/c1-15(2)13-10-11-6-5-7-12(18-4)14(11)16(15,3)8-9-17-13/h5-7,13,17H,8-10H2,1-4H3. The summed E-state index contributed by atoms with van der Waals surface area (Å²) in [7, 11) is 1.79. The summed E-state index contributed by atoms with van der Waals surface area (Å²) in [6, 6.07) is 7.08. The van der Waals surface area contributed by atoms with Gasteiger partial charge in [-0.05, 0) is 36.4 Å². The Morgan fingerprint density at radius 1 is 1.28 bits per heavy atom. The van der Waals surface area contributed by atoms with Gasteiger partial charge >= 0.3 is 0 Å². The summed E-state index contributed by atoms with van der Waals surface area (Å²) in [5, 5.41) is 3.70. The van der Waals surface area contributed by atoms with E-state index >= 15 is 0 Å². The molecule has 98 valence electrons. The van der Waals surface area contributed by atoms with Gasteiger partial charge in [-0.15, -0.1) is 0 Å². The van der Waals surface area contributed by atoms with Gasteiger partial charge in [-0.25, -0.2) is 0 Å². The van der Waals surface area contributed by atoms with Gasteiger partial charge in [-0.3, -0.25) is 0 Å². The maximum atomic E-state index is 5.64. The Morgan fingerprint density at radius 2 is 2.06 bits per heavy atom. The largest absolute Gasteiger partial charge is 0.496 e. The third kappa shape index (κ3) is 1.33. The fourth-order valence-electron chi connectivity index (χ4n) is 4.00. The van der Waals surface area contributed by atoms with Crippen molar-refractivity contribution in [3.05, 3.63) is 29.3 Å². The molecular formula is C16H23NO. The van der Waals surface area contributed by atoms with Crippen LogP contribution in [0.2, 0.25) is 0 Å². The Bertz CT molecular complexity index is 480. The average molecular weight is 245 g/mol. The lowest BCUT2D eigenvalue weighted by Crippen LogP contribution is -2.62. The van der Waals surface area contributed by atoms with Crippen molar-refractivity contribution in [2.45, 2.75) is 45.1 Å². The summed E-state index contributed by atoms with van der Waals surface area (Å²) >= 11 is 0. The molecule has 2 aliphatic rings. The highest BCUT2D eigenvalue weighted by Crippen LogP contribution is 2.55. The van der Waals surface area contributed by atoms with Gasteiger partial charge in [0.1, 0.15) is 5.75 Å². The number of nitrogens with one attached hydrogen (secondary N) is 1. The van der Waals surface area contributed by atoms with E-state index in [-0.39, 0.29) is 10.8 Å². The second-order valence-corrected chi connectivity index (χ2v) is 6.51. The molecule has 2 bridgehead atoms. The van der Waals surface area contributed by atoms with Crippen molar-refractivity contribution in [2.75, 3.05) is 13.7 Å². The maximum absolute atomic E-state index is 5.64. The molecule has 1 saturated heterocycles. The molecule has 1 heterocycles. The van der Waals surface area contributed by atoms with Crippen LogP contribution in [0.5, 0.6) is 5.75 Å². The van der Waals surface area contributed by atoms with E-state index < -0.39 is 0 Å². The van der Waals surface area contributed by atoms with Gasteiger partial charge in [-0.2, -0.15) is 0 Å². The first-order valence-electron chi connectivity index (χ1n) is 6.90. The molecule has 1 aliphatic carbocycles. The lowest BCUT2D eigenvalue weighted by molar-refractivity contribution is 0.0537.